The molecular formula is C17H19FN4O4S. The predicted molar refractivity (Wildman–Crippen MR) is 98.1 cm³/mol. The number of hydrogen-bond acceptors (Lipinski definition) is 8. The topological polar surface area (TPSA) is 124 Å². The van der Waals surface area contributed by atoms with Crippen LogP contribution in [0.15, 0.2) is 24.4 Å². The van der Waals surface area contributed by atoms with Gasteiger partial charge >= 0.3 is 0 Å². The van der Waals surface area contributed by atoms with E-state index in [2.05, 4.69) is 15.3 Å². The Labute approximate surface area is 155 Å². The number of nitrogen functional groups attached to an aromatic ring is 1. The number of methoxy groups -OCH3 is 1. The normalized spacial score (nSPS) is 16.7. The summed E-state index contributed by atoms with van der Waals surface area (Å²) < 4.78 is 41.6. The zero-order valence-electron chi connectivity index (χ0n) is 14.6. The second kappa shape index (κ2) is 7.47. The third-order valence-corrected chi connectivity index (χ3v) is 6.07. The minimum atomic E-state index is -2.97. The molecule has 0 radical (unpaired) electrons. The van der Waals surface area contributed by atoms with Gasteiger partial charge in [0, 0.05) is 12.2 Å². The van der Waals surface area contributed by atoms with E-state index in [4.69, 9.17) is 10.5 Å². The van der Waals surface area contributed by atoms with Crippen LogP contribution < -0.4 is 15.8 Å². The number of ketones is 1. The highest BCUT2D eigenvalue weighted by Gasteiger charge is 2.25. The average molecular weight is 394 g/mol. The van der Waals surface area contributed by atoms with Crippen LogP contribution in [0.25, 0.3) is 0 Å². The van der Waals surface area contributed by atoms with Gasteiger partial charge in [0.05, 0.1) is 29.7 Å². The zero-order valence-corrected chi connectivity index (χ0v) is 15.4. The summed E-state index contributed by atoms with van der Waals surface area (Å²) >= 11 is 0. The van der Waals surface area contributed by atoms with E-state index in [0.29, 0.717) is 12.8 Å². The number of carbonyl (C=O) groups is 1. The fraction of sp³-hybridized carbons (Fsp3) is 0.353. The van der Waals surface area contributed by atoms with Gasteiger partial charge in [-0.25, -0.2) is 17.8 Å². The molecule has 1 aliphatic heterocycles. The Balaban J connectivity index is 1.79. The Morgan fingerprint density at radius 2 is 2.00 bits per heavy atom. The molecular weight excluding hydrogens is 375 g/mol. The van der Waals surface area contributed by atoms with Gasteiger partial charge in [0.15, 0.2) is 0 Å². The number of nitrogens with zero attached hydrogens (tertiary/aromatic N) is 2. The molecule has 2 aromatic rings. The highest BCUT2D eigenvalue weighted by molar-refractivity contribution is 7.91. The van der Waals surface area contributed by atoms with Crippen molar-refractivity contribution >= 4 is 27.4 Å². The lowest BCUT2D eigenvalue weighted by molar-refractivity contribution is 0.103. The summed E-state index contributed by atoms with van der Waals surface area (Å²) in [5.74, 6) is -0.562. The van der Waals surface area contributed by atoms with Crippen molar-refractivity contribution in [1.29, 1.82) is 0 Å². The van der Waals surface area contributed by atoms with Crippen LogP contribution in [-0.4, -0.2) is 48.8 Å². The molecule has 0 spiro atoms. The number of anilines is 2. The molecule has 10 heteroatoms. The van der Waals surface area contributed by atoms with Gasteiger partial charge in [-0.05, 0) is 31.0 Å². The first-order valence-corrected chi connectivity index (χ1v) is 10.1. The SMILES string of the molecule is COc1ccc(F)cc1C(=O)c1cnc(NC2CCS(=O)(=O)CC2)nc1N. The Kier molecular flexibility index (Phi) is 5.26. The summed E-state index contributed by atoms with van der Waals surface area (Å²) in [6.45, 7) is 0. The predicted octanol–water partition coefficient (Wildman–Crippen LogP) is 1.43. The van der Waals surface area contributed by atoms with Crippen molar-refractivity contribution in [3.05, 3.63) is 41.3 Å². The van der Waals surface area contributed by atoms with Crippen LogP contribution in [0.2, 0.25) is 0 Å². The standard InChI is InChI=1S/C17H19FN4O4S/c1-26-14-3-2-10(18)8-12(14)15(23)13-9-20-17(22-16(13)19)21-11-4-6-27(24,25)7-5-11/h2-3,8-9,11H,4-7H2,1H3,(H3,19,20,21,22). The van der Waals surface area contributed by atoms with E-state index in [0.717, 1.165) is 6.07 Å². The van der Waals surface area contributed by atoms with Crippen LogP contribution in [0.4, 0.5) is 16.2 Å². The highest BCUT2D eigenvalue weighted by Crippen LogP contribution is 2.25. The molecule has 2 heterocycles. The quantitative estimate of drug-likeness (QED) is 0.730. The number of nitrogens with two attached hydrogens (primary N) is 1. The van der Waals surface area contributed by atoms with E-state index in [1.54, 1.807) is 0 Å². The molecule has 3 N–H and O–H groups in total. The number of rotatable bonds is 5. The number of nitrogens with one attached hydrogen (secondary N) is 1. The Bertz CT molecular complexity index is 967. The van der Waals surface area contributed by atoms with Crippen molar-refractivity contribution in [3.8, 4) is 5.75 Å². The first kappa shape index (κ1) is 19.0. The minimum Gasteiger partial charge on any atom is -0.496 e. The number of carbonyl (C=O) groups excluding carboxylic acids is 1. The molecule has 1 saturated heterocycles. The second-order valence-corrected chi connectivity index (χ2v) is 8.54. The van der Waals surface area contributed by atoms with Crippen LogP contribution in [0, 0.1) is 5.82 Å². The maximum Gasteiger partial charge on any atom is 0.224 e. The molecule has 0 unspecified atom stereocenters. The van der Waals surface area contributed by atoms with Crippen molar-refractivity contribution in [2.24, 2.45) is 0 Å². The van der Waals surface area contributed by atoms with Gasteiger partial charge in [-0.1, -0.05) is 0 Å². The number of aromatic nitrogens is 2. The van der Waals surface area contributed by atoms with Crippen LogP contribution in [0.5, 0.6) is 5.75 Å². The maximum atomic E-state index is 13.5. The smallest absolute Gasteiger partial charge is 0.224 e. The van der Waals surface area contributed by atoms with Gasteiger partial charge in [0.2, 0.25) is 11.7 Å². The summed E-state index contributed by atoms with van der Waals surface area (Å²) in [6.07, 6.45) is 2.16. The van der Waals surface area contributed by atoms with Crippen LogP contribution in [0.1, 0.15) is 28.8 Å². The molecule has 1 fully saturated rings. The molecule has 0 saturated carbocycles. The molecule has 27 heavy (non-hydrogen) atoms. The Hall–Kier alpha value is -2.75. The summed E-state index contributed by atoms with van der Waals surface area (Å²) in [5, 5.41) is 3.03. The van der Waals surface area contributed by atoms with Crippen molar-refractivity contribution in [1.82, 2.24) is 9.97 Å². The van der Waals surface area contributed by atoms with E-state index in [1.165, 1.54) is 25.4 Å². The number of benzene rings is 1. The number of ether oxygens (including phenoxy) is 1. The molecule has 1 aromatic heterocycles. The van der Waals surface area contributed by atoms with Crippen molar-refractivity contribution in [3.63, 3.8) is 0 Å². The molecule has 1 aliphatic rings. The van der Waals surface area contributed by atoms with Crippen molar-refractivity contribution in [2.75, 3.05) is 29.7 Å². The number of sulfone groups is 1. The fourth-order valence-corrected chi connectivity index (χ4v) is 4.35. The van der Waals surface area contributed by atoms with Gasteiger partial charge in [0.1, 0.15) is 27.2 Å². The molecule has 0 bridgehead atoms. The van der Waals surface area contributed by atoms with Gasteiger partial charge in [0.25, 0.3) is 0 Å². The van der Waals surface area contributed by atoms with E-state index in [-0.39, 0.29) is 46.2 Å². The summed E-state index contributed by atoms with van der Waals surface area (Å²) in [5.41, 5.74) is 5.94. The van der Waals surface area contributed by atoms with Crippen LogP contribution >= 0.6 is 0 Å². The lowest BCUT2D eigenvalue weighted by Gasteiger charge is -2.23. The van der Waals surface area contributed by atoms with E-state index in [1.807, 2.05) is 0 Å². The molecule has 0 atom stereocenters. The second-order valence-electron chi connectivity index (χ2n) is 6.24. The molecule has 144 valence electrons. The molecule has 3 rings (SSSR count). The molecule has 8 nitrogen and oxygen atoms in total. The first-order valence-electron chi connectivity index (χ1n) is 8.27. The summed E-state index contributed by atoms with van der Waals surface area (Å²) in [6, 6.07) is 3.52. The zero-order chi connectivity index (χ0) is 19.6. The van der Waals surface area contributed by atoms with Gasteiger partial charge in [-0.3, -0.25) is 4.79 Å². The fourth-order valence-electron chi connectivity index (χ4n) is 2.86. The molecule has 1 aromatic carbocycles. The Morgan fingerprint density at radius 1 is 1.30 bits per heavy atom. The van der Waals surface area contributed by atoms with E-state index >= 15 is 0 Å². The van der Waals surface area contributed by atoms with E-state index in [9.17, 15) is 17.6 Å². The van der Waals surface area contributed by atoms with Gasteiger partial charge in [-0.15, -0.1) is 0 Å². The third kappa shape index (κ3) is 4.33. The lowest BCUT2D eigenvalue weighted by atomic mass is 10.0. The van der Waals surface area contributed by atoms with Crippen molar-refractivity contribution < 1.29 is 22.3 Å². The molecule has 0 aliphatic carbocycles. The minimum absolute atomic E-state index is 0.0194. The lowest BCUT2D eigenvalue weighted by Crippen LogP contribution is -2.32. The largest absolute Gasteiger partial charge is 0.496 e. The highest BCUT2D eigenvalue weighted by atomic mass is 32.2. The summed E-state index contributed by atoms with van der Waals surface area (Å²) in [4.78, 5) is 20.8. The first-order chi connectivity index (χ1) is 12.8. The van der Waals surface area contributed by atoms with Crippen LogP contribution in [-0.2, 0) is 9.84 Å². The number of hydrogen-bond donors (Lipinski definition) is 2. The van der Waals surface area contributed by atoms with Crippen LogP contribution in [0.3, 0.4) is 0 Å². The third-order valence-electron chi connectivity index (χ3n) is 4.36. The monoisotopic (exact) mass is 394 g/mol. The molecule has 0 amide bonds. The van der Waals surface area contributed by atoms with Crippen molar-refractivity contribution in [2.45, 2.75) is 18.9 Å². The van der Waals surface area contributed by atoms with Gasteiger partial charge in [-0.2, -0.15) is 4.98 Å². The number of halogens is 1. The summed E-state index contributed by atoms with van der Waals surface area (Å²) in [7, 11) is -1.59. The van der Waals surface area contributed by atoms with E-state index < -0.39 is 21.4 Å². The Morgan fingerprint density at radius 3 is 2.63 bits per heavy atom. The van der Waals surface area contributed by atoms with Gasteiger partial charge < -0.3 is 15.8 Å². The average Bonchev–Trinajstić information content (AvgIpc) is 2.63. The maximum absolute atomic E-state index is 13.5.